The zero-order chi connectivity index (χ0) is 25.4. The summed E-state index contributed by atoms with van der Waals surface area (Å²) < 4.78 is 19.9. The summed E-state index contributed by atoms with van der Waals surface area (Å²) in [6.07, 6.45) is 1.43. The first-order chi connectivity index (χ1) is 17.3. The summed E-state index contributed by atoms with van der Waals surface area (Å²) >= 11 is 0. The zero-order valence-electron chi connectivity index (χ0n) is 20.0. The van der Waals surface area contributed by atoms with Crippen LogP contribution in [0.5, 0.6) is 0 Å². The maximum atomic E-state index is 14.3. The number of Topliss-reactive ketones (excluding diaryl/α,β-unsaturated/α-hetero) is 1. The lowest BCUT2D eigenvalue weighted by Gasteiger charge is -2.23. The molecule has 0 bridgehead atoms. The Morgan fingerprint density at radius 2 is 1.69 bits per heavy atom. The maximum Gasteiger partial charge on any atom is 0.411 e. The fourth-order valence-corrected chi connectivity index (χ4v) is 5.12. The SMILES string of the molecule is CC(=O)Nc1cc(F)c(C)c2c1C(=O)/C(=C/NC(=O)OCC1c3ccccc3-c3ccccc31)CC2. The first kappa shape index (κ1) is 23.5. The molecule has 2 amide bonds. The molecule has 6 nitrogen and oxygen atoms in total. The predicted molar refractivity (Wildman–Crippen MR) is 134 cm³/mol. The topological polar surface area (TPSA) is 84.5 Å². The fourth-order valence-electron chi connectivity index (χ4n) is 5.12. The molecule has 2 N–H and O–H groups in total. The Bertz CT molecular complexity index is 1400. The monoisotopic (exact) mass is 484 g/mol. The van der Waals surface area contributed by atoms with E-state index in [0.717, 1.165) is 28.3 Å². The van der Waals surface area contributed by atoms with Gasteiger partial charge in [0.05, 0.1) is 5.69 Å². The second-order valence-corrected chi connectivity index (χ2v) is 9.03. The van der Waals surface area contributed by atoms with E-state index in [2.05, 4.69) is 22.8 Å². The average molecular weight is 485 g/mol. The molecule has 182 valence electrons. The van der Waals surface area contributed by atoms with Crippen LogP contribution < -0.4 is 10.6 Å². The van der Waals surface area contributed by atoms with Crippen LogP contribution in [0.2, 0.25) is 0 Å². The van der Waals surface area contributed by atoms with Crippen LogP contribution >= 0.6 is 0 Å². The van der Waals surface area contributed by atoms with Crippen molar-refractivity contribution in [2.24, 2.45) is 0 Å². The van der Waals surface area contributed by atoms with Crippen molar-refractivity contribution in [2.45, 2.75) is 32.6 Å². The van der Waals surface area contributed by atoms with Crippen molar-refractivity contribution in [3.05, 3.63) is 100 Å². The van der Waals surface area contributed by atoms with Gasteiger partial charge in [-0.05, 0) is 59.2 Å². The number of rotatable bonds is 4. The van der Waals surface area contributed by atoms with Crippen LogP contribution in [-0.2, 0) is 16.0 Å². The van der Waals surface area contributed by atoms with Crippen molar-refractivity contribution in [2.75, 3.05) is 11.9 Å². The van der Waals surface area contributed by atoms with Crippen LogP contribution in [0.25, 0.3) is 11.1 Å². The first-order valence-electron chi connectivity index (χ1n) is 11.8. The highest BCUT2D eigenvalue weighted by Gasteiger charge is 2.30. The van der Waals surface area contributed by atoms with E-state index in [1.54, 1.807) is 6.92 Å². The van der Waals surface area contributed by atoms with Gasteiger partial charge in [-0.1, -0.05) is 48.5 Å². The van der Waals surface area contributed by atoms with Gasteiger partial charge in [-0.2, -0.15) is 0 Å². The Labute approximate surface area is 208 Å². The summed E-state index contributed by atoms with van der Waals surface area (Å²) in [6, 6.07) is 17.3. The van der Waals surface area contributed by atoms with Gasteiger partial charge in [-0.25, -0.2) is 9.18 Å². The van der Waals surface area contributed by atoms with Gasteiger partial charge in [0.15, 0.2) is 5.78 Å². The minimum absolute atomic E-state index is 0.0722. The van der Waals surface area contributed by atoms with E-state index in [9.17, 15) is 18.8 Å². The number of amides is 2. The normalized spacial score (nSPS) is 15.2. The standard InChI is InChI=1S/C29H25FN2O4/c1-16-19-12-11-18(28(34)27(19)26(13-25(16)30)32-17(2)33)14-31-29(35)36-15-24-22-9-5-3-7-20(22)21-8-4-6-10-23(21)24/h3-10,13-14,24H,11-12,15H2,1-2H3,(H,31,35)(H,32,33)/b18-14+. The Hall–Kier alpha value is -4.26. The molecule has 0 fully saturated rings. The summed E-state index contributed by atoms with van der Waals surface area (Å²) in [4.78, 5) is 37.3. The van der Waals surface area contributed by atoms with E-state index in [0.29, 0.717) is 29.5 Å². The quantitative estimate of drug-likeness (QED) is 0.469. The van der Waals surface area contributed by atoms with Crippen molar-refractivity contribution in [1.29, 1.82) is 0 Å². The summed E-state index contributed by atoms with van der Waals surface area (Å²) in [5, 5.41) is 5.11. The molecule has 0 atom stereocenters. The van der Waals surface area contributed by atoms with Gasteiger partial charge in [-0.3, -0.25) is 14.9 Å². The third-order valence-electron chi connectivity index (χ3n) is 6.83. The summed E-state index contributed by atoms with van der Waals surface area (Å²) in [5.41, 5.74) is 6.20. The second kappa shape index (κ2) is 9.41. The lowest BCUT2D eigenvalue weighted by Crippen LogP contribution is -2.25. The number of carbonyl (C=O) groups is 3. The third kappa shape index (κ3) is 4.17. The molecule has 3 aromatic rings. The summed E-state index contributed by atoms with van der Waals surface area (Å²) in [7, 11) is 0. The third-order valence-corrected chi connectivity index (χ3v) is 6.83. The van der Waals surface area contributed by atoms with Crippen LogP contribution in [0.1, 0.15) is 51.9 Å². The largest absolute Gasteiger partial charge is 0.448 e. The lowest BCUT2D eigenvalue weighted by atomic mass is 9.83. The van der Waals surface area contributed by atoms with Crippen LogP contribution in [0, 0.1) is 12.7 Å². The molecule has 2 aliphatic rings. The molecule has 0 aromatic heterocycles. The van der Waals surface area contributed by atoms with Crippen LogP contribution in [0.15, 0.2) is 66.4 Å². The van der Waals surface area contributed by atoms with Gasteiger partial charge in [0.2, 0.25) is 5.91 Å². The minimum atomic E-state index is -0.666. The van der Waals surface area contributed by atoms with Crippen LogP contribution in [0.4, 0.5) is 14.9 Å². The van der Waals surface area contributed by atoms with Crippen LogP contribution in [-0.4, -0.2) is 24.4 Å². The van der Waals surface area contributed by atoms with E-state index in [-0.39, 0.29) is 29.6 Å². The molecule has 0 spiro atoms. The molecule has 2 aliphatic carbocycles. The van der Waals surface area contributed by atoms with Gasteiger partial charge < -0.3 is 10.1 Å². The Morgan fingerprint density at radius 3 is 2.33 bits per heavy atom. The second-order valence-electron chi connectivity index (χ2n) is 9.03. The number of allylic oxidation sites excluding steroid dienone is 1. The first-order valence-corrected chi connectivity index (χ1v) is 11.8. The molecule has 36 heavy (non-hydrogen) atoms. The molecule has 7 heteroatoms. The van der Waals surface area contributed by atoms with Crippen molar-refractivity contribution < 1.29 is 23.5 Å². The molecule has 5 rings (SSSR count). The lowest BCUT2D eigenvalue weighted by molar-refractivity contribution is -0.114. The molecule has 0 heterocycles. The zero-order valence-corrected chi connectivity index (χ0v) is 20.0. The predicted octanol–water partition coefficient (Wildman–Crippen LogP) is 5.64. The number of hydrogen-bond acceptors (Lipinski definition) is 4. The van der Waals surface area contributed by atoms with E-state index in [1.165, 1.54) is 13.1 Å². The summed E-state index contributed by atoms with van der Waals surface area (Å²) in [5.74, 6) is -1.31. The Morgan fingerprint density at radius 1 is 1.06 bits per heavy atom. The number of nitrogens with one attached hydrogen (secondary N) is 2. The molecular weight excluding hydrogens is 459 g/mol. The molecule has 0 saturated carbocycles. The number of alkyl carbamates (subject to hydrolysis) is 1. The number of hydrogen-bond donors (Lipinski definition) is 2. The highest BCUT2D eigenvalue weighted by molar-refractivity contribution is 6.15. The van der Waals surface area contributed by atoms with Gasteiger partial charge in [0, 0.05) is 30.2 Å². The Kier molecular flexibility index (Phi) is 6.14. The number of ketones is 1. The molecule has 0 unspecified atom stereocenters. The fraction of sp³-hybridized carbons (Fsp3) is 0.207. The number of anilines is 1. The molecule has 0 saturated heterocycles. The molecule has 0 aliphatic heterocycles. The summed E-state index contributed by atoms with van der Waals surface area (Å²) in [6.45, 7) is 3.07. The highest BCUT2D eigenvalue weighted by Crippen LogP contribution is 2.44. The Balaban J connectivity index is 1.30. The van der Waals surface area contributed by atoms with E-state index < -0.39 is 17.8 Å². The molecular formula is C29H25FN2O4. The van der Waals surface area contributed by atoms with Gasteiger partial charge in [0.25, 0.3) is 0 Å². The number of fused-ring (bicyclic) bond motifs is 4. The van der Waals surface area contributed by atoms with E-state index >= 15 is 0 Å². The number of ether oxygens (including phenoxy) is 1. The maximum absolute atomic E-state index is 14.3. The number of benzene rings is 3. The van der Waals surface area contributed by atoms with Gasteiger partial charge in [0.1, 0.15) is 12.4 Å². The number of halogens is 1. The smallest absolute Gasteiger partial charge is 0.411 e. The van der Waals surface area contributed by atoms with Gasteiger partial charge >= 0.3 is 6.09 Å². The molecule has 0 radical (unpaired) electrons. The average Bonchev–Trinajstić information content (AvgIpc) is 3.18. The van der Waals surface area contributed by atoms with E-state index in [4.69, 9.17) is 4.74 Å². The van der Waals surface area contributed by atoms with Crippen molar-refractivity contribution in [3.8, 4) is 11.1 Å². The van der Waals surface area contributed by atoms with Gasteiger partial charge in [-0.15, -0.1) is 0 Å². The number of carbonyl (C=O) groups excluding carboxylic acids is 3. The van der Waals surface area contributed by atoms with Crippen molar-refractivity contribution in [3.63, 3.8) is 0 Å². The molecule has 3 aromatic carbocycles. The van der Waals surface area contributed by atoms with Crippen molar-refractivity contribution in [1.82, 2.24) is 5.32 Å². The van der Waals surface area contributed by atoms with E-state index in [1.807, 2.05) is 36.4 Å². The minimum Gasteiger partial charge on any atom is -0.448 e. The van der Waals surface area contributed by atoms with Crippen molar-refractivity contribution >= 4 is 23.5 Å². The highest BCUT2D eigenvalue weighted by atomic mass is 19.1. The van der Waals surface area contributed by atoms with Crippen LogP contribution in [0.3, 0.4) is 0 Å².